The van der Waals surface area contributed by atoms with Gasteiger partial charge in [-0.05, 0) is 50.6 Å². The summed E-state index contributed by atoms with van der Waals surface area (Å²) in [4.78, 5) is 16.6. The van der Waals surface area contributed by atoms with E-state index in [-0.39, 0.29) is 11.7 Å². The van der Waals surface area contributed by atoms with E-state index in [0.717, 1.165) is 42.3 Å². The maximum Gasteiger partial charge on any atom is 0.271 e. The summed E-state index contributed by atoms with van der Waals surface area (Å²) in [6.45, 7) is 4.59. The number of carbonyl (C=O) groups is 1. The van der Waals surface area contributed by atoms with Gasteiger partial charge >= 0.3 is 0 Å². The molecule has 5 nitrogen and oxygen atoms in total. The van der Waals surface area contributed by atoms with Gasteiger partial charge in [-0.2, -0.15) is 0 Å². The molecule has 1 aromatic heterocycles. The van der Waals surface area contributed by atoms with Crippen molar-refractivity contribution in [1.82, 2.24) is 15.4 Å². The second-order valence-corrected chi connectivity index (χ2v) is 5.61. The average Bonchev–Trinajstić information content (AvgIpc) is 3.14. The second-order valence-electron chi connectivity index (χ2n) is 5.61. The first-order valence-corrected chi connectivity index (χ1v) is 7.61. The zero-order valence-electron chi connectivity index (χ0n) is 13.2. The molecule has 0 saturated heterocycles. The van der Waals surface area contributed by atoms with Gasteiger partial charge in [-0.25, -0.2) is 4.39 Å². The highest BCUT2D eigenvalue weighted by atomic mass is 19.1. The highest BCUT2D eigenvalue weighted by Gasteiger charge is 2.17. The van der Waals surface area contributed by atoms with Crippen LogP contribution in [0.2, 0.25) is 0 Å². The van der Waals surface area contributed by atoms with Gasteiger partial charge in [0.1, 0.15) is 11.7 Å². The van der Waals surface area contributed by atoms with Crippen LogP contribution in [0.1, 0.15) is 34.6 Å². The summed E-state index contributed by atoms with van der Waals surface area (Å²) in [5.74, 6) is 0.322. The molecule has 3 rings (SSSR count). The summed E-state index contributed by atoms with van der Waals surface area (Å²) in [5, 5.41) is 0. The molecular formula is C17H19FN4O. The van der Waals surface area contributed by atoms with Gasteiger partial charge in [-0.3, -0.25) is 20.6 Å². The van der Waals surface area contributed by atoms with E-state index in [1.54, 1.807) is 12.1 Å². The lowest BCUT2D eigenvalue weighted by molar-refractivity contribution is 0.0943. The highest BCUT2D eigenvalue weighted by molar-refractivity contribution is 5.97. The van der Waals surface area contributed by atoms with E-state index in [2.05, 4.69) is 15.8 Å². The fourth-order valence-corrected chi connectivity index (χ4v) is 2.82. The molecule has 2 N–H and O–H groups in total. The number of hydrazine groups is 1. The molecule has 2 heterocycles. The van der Waals surface area contributed by atoms with Gasteiger partial charge in [-0.15, -0.1) is 0 Å². The van der Waals surface area contributed by atoms with Crippen LogP contribution in [0.4, 0.5) is 4.39 Å². The molecule has 1 aromatic carbocycles. The summed E-state index contributed by atoms with van der Waals surface area (Å²) in [6, 6.07) is 8.04. The Labute approximate surface area is 134 Å². The van der Waals surface area contributed by atoms with Crippen LogP contribution in [0.15, 0.2) is 35.3 Å². The number of benzene rings is 1. The predicted octanol–water partition coefficient (Wildman–Crippen LogP) is 2.66. The Bertz CT molecular complexity index is 762. The van der Waals surface area contributed by atoms with Crippen molar-refractivity contribution < 1.29 is 9.18 Å². The topological polar surface area (TPSA) is 58.4 Å². The van der Waals surface area contributed by atoms with Crippen molar-refractivity contribution in [3.8, 4) is 5.69 Å². The lowest BCUT2D eigenvalue weighted by Gasteiger charge is -2.11. The third-order valence-electron chi connectivity index (χ3n) is 3.96. The summed E-state index contributed by atoms with van der Waals surface area (Å²) in [5.41, 5.74) is 8.69. The Balaban J connectivity index is 1.82. The SMILES string of the molecule is Cc1cc(C(=O)NNC2=NCCC2)c(C)n1-c1ccc(F)cc1. The van der Waals surface area contributed by atoms with Gasteiger partial charge < -0.3 is 4.57 Å². The van der Waals surface area contributed by atoms with E-state index in [9.17, 15) is 9.18 Å². The van der Waals surface area contributed by atoms with Crippen LogP contribution >= 0.6 is 0 Å². The lowest BCUT2D eigenvalue weighted by atomic mass is 10.2. The first-order valence-electron chi connectivity index (χ1n) is 7.61. The molecule has 0 fully saturated rings. The number of nitrogens with zero attached hydrogens (tertiary/aromatic N) is 2. The maximum absolute atomic E-state index is 13.1. The van der Waals surface area contributed by atoms with E-state index in [1.165, 1.54) is 12.1 Å². The van der Waals surface area contributed by atoms with E-state index < -0.39 is 0 Å². The van der Waals surface area contributed by atoms with Crippen LogP contribution in [-0.4, -0.2) is 22.9 Å². The number of carbonyl (C=O) groups excluding carboxylic acids is 1. The quantitative estimate of drug-likeness (QED) is 0.837. The van der Waals surface area contributed by atoms with Crippen molar-refractivity contribution in [3.63, 3.8) is 0 Å². The number of halogens is 1. The minimum Gasteiger partial charge on any atom is -0.318 e. The van der Waals surface area contributed by atoms with Crippen molar-refractivity contribution in [3.05, 3.63) is 53.1 Å². The fraction of sp³-hybridized carbons (Fsp3) is 0.294. The van der Waals surface area contributed by atoms with E-state index in [4.69, 9.17) is 0 Å². The zero-order chi connectivity index (χ0) is 16.4. The second kappa shape index (κ2) is 6.24. The van der Waals surface area contributed by atoms with Gasteiger partial charge in [-0.1, -0.05) is 0 Å². The third kappa shape index (κ3) is 3.11. The number of rotatable bonds is 2. The number of aliphatic imine (C=N–C) groups is 1. The van der Waals surface area contributed by atoms with Crippen LogP contribution < -0.4 is 10.9 Å². The number of aromatic nitrogens is 1. The van der Waals surface area contributed by atoms with Crippen LogP contribution in [0, 0.1) is 19.7 Å². The van der Waals surface area contributed by atoms with Gasteiger partial charge in [0.2, 0.25) is 0 Å². The average molecular weight is 314 g/mol. The molecule has 6 heteroatoms. The molecule has 0 spiro atoms. The molecule has 23 heavy (non-hydrogen) atoms. The maximum atomic E-state index is 13.1. The number of aryl methyl sites for hydroxylation is 1. The minimum atomic E-state index is -0.282. The number of amides is 1. The monoisotopic (exact) mass is 314 g/mol. The van der Waals surface area contributed by atoms with Crippen molar-refractivity contribution in [2.24, 2.45) is 4.99 Å². The zero-order valence-corrected chi connectivity index (χ0v) is 13.2. The van der Waals surface area contributed by atoms with Crippen LogP contribution in [0.5, 0.6) is 0 Å². The summed E-state index contributed by atoms with van der Waals surface area (Å²) in [7, 11) is 0. The highest BCUT2D eigenvalue weighted by Crippen LogP contribution is 2.21. The summed E-state index contributed by atoms with van der Waals surface area (Å²) < 4.78 is 15.0. The van der Waals surface area contributed by atoms with Crippen molar-refractivity contribution in [2.75, 3.05) is 6.54 Å². The molecule has 0 saturated carbocycles. The first kappa shape index (κ1) is 15.3. The van der Waals surface area contributed by atoms with E-state index in [1.807, 2.05) is 24.5 Å². The Hall–Kier alpha value is -2.63. The summed E-state index contributed by atoms with van der Waals surface area (Å²) >= 11 is 0. The molecule has 1 aliphatic heterocycles. The Morgan fingerprint density at radius 3 is 2.65 bits per heavy atom. The number of hydrogen-bond acceptors (Lipinski definition) is 3. The van der Waals surface area contributed by atoms with E-state index >= 15 is 0 Å². The molecule has 120 valence electrons. The Kier molecular flexibility index (Phi) is 4.14. The number of nitrogens with one attached hydrogen (secondary N) is 2. The molecule has 0 aliphatic carbocycles. The fourth-order valence-electron chi connectivity index (χ4n) is 2.82. The summed E-state index contributed by atoms with van der Waals surface area (Å²) in [6.07, 6.45) is 1.87. The smallest absolute Gasteiger partial charge is 0.271 e. The molecule has 0 unspecified atom stereocenters. The molecule has 0 bridgehead atoms. The molecular weight excluding hydrogens is 295 g/mol. The Morgan fingerprint density at radius 1 is 1.26 bits per heavy atom. The molecule has 1 amide bonds. The number of hydrogen-bond donors (Lipinski definition) is 2. The van der Waals surface area contributed by atoms with Gasteiger partial charge in [0.15, 0.2) is 0 Å². The first-order chi connectivity index (χ1) is 11.1. The van der Waals surface area contributed by atoms with Crippen LogP contribution in [0.25, 0.3) is 5.69 Å². The minimum absolute atomic E-state index is 0.207. The van der Waals surface area contributed by atoms with E-state index in [0.29, 0.717) is 5.56 Å². The number of amidine groups is 1. The molecule has 0 atom stereocenters. The lowest BCUT2D eigenvalue weighted by Crippen LogP contribution is -2.41. The van der Waals surface area contributed by atoms with Gasteiger partial charge in [0.25, 0.3) is 5.91 Å². The van der Waals surface area contributed by atoms with Crippen LogP contribution in [-0.2, 0) is 0 Å². The standard InChI is InChI=1S/C17H19FN4O/c1-11-10-15(17(23)21-20-16-4-3-9-19-16)12(2)22(11)14-7-5-13(18)6-8-14/h5-8,10H,3-4,9H2,1-2H3,(H,19,20)(H,21,23). The largest absolute Gasteiger partial charge is 0.318 e. The Morgan fingerprint density at radius 2 is 2.00 bits per heavy atom. The molecule has 1 aliphatic rings. The van der Waals surface area contributed by atoms with Crippen molar-refractivity contribution in [2.45, 2.75) is 26.7 Å². The normalized spacial score (nSPS) is 13.8. The molecule has 0 radical (unpaired) electrons. The third-order valence-corrected chi connectivity index (χ3v) is 3.96. The van der Waals surface area contributed by atoms with Crippen molar-refractivity contribution in [1.29, 1.82) is 0 Å². The van der Waals surface area contributed by atoms with Gasteiger partial charge in [0, 0.05) is 30.0 Å². The molecule has 2 aromatic rings. The van der Waals surface area contributed by atoms with Gasteiger partial charge in [0.05, 0.1) is 5.56 Å². The predicted molar refractivity (Wildman–Crippen MR) is 87.3 cm³/mol. The van der Waals surface area contributed by atoms with Crippen molar-refractivity contribution >= 4 is 11.7 Å². The van der Waals surface area contributed by atoms with Crippen LogP contribution in [0.3, 0.4) is 0 Å².